The Labute approximate surface area is 119 Å². The zero-order valence-electron chi connectivity index (χ0n) is 12.3. The molecule has 0 radical (unpaired) electrons. The molecule has 0 aliphatic heterocycles. The molecule has 3 N–H and O–H groups in total. The van der Waals surface area contributed by atoms with Crippen LogP contribution in [0, 0.1) is 5.92 Å². The minimum absolute atomic E-state index is 0.0422. The van der Waals surface area contributed by atoms with Crippen molar-refractivity contribution in [2.75, 3.05) is 12.8 Å². The maximum absolute atomic E-state index is 12.2. The third-order valence-corrected chi connectivity index (χ3v) is 3.22. The molecule has 0 saturated heterocycles. The van der Waals surface area contributed by atoms with E-state index in [4.69, 9.17) is 10.5 Å². The van der Waals surface area contributed by atoms with Crippen LogP contribution in [0.3, 0.4) is 0 Å². The summed E-state index contributed by atoms with van der Waals surface area (Å²) in [5.41, 5.74) is 7.13. The molecule has 0 aliphatic rings. The van der Waals surface area contributed by atoms with Gasteiger partial charge in [-0.2, -0.15) is 0 Å². The van der Waals surface area contributed by atoms with Crippen molar-refractivity contribution in [2.45, 2.75) is 32.7 Å². The minimum atomic E-state index is -0.643. The number of nitrogens with one attached hydrogen (secondary N) is 1. The molecule has 5 heteroatoms. The molecule has 0 aromatic heterocycles. The Balaban J connectivity index is 2.81. The number of ether oxygens (including phenoxy) is 1. The number of esters is 1. The number of nitrogens with two attached hydrogens (primary N) is 1. The van der Waals surface area contributed by atoms with Crippen molar-refractivity contribution < 1.29 is 14.3 Å². The molecule has 0 spiro atoms. The molecule has 2 unspecified atom stereocenters. The predicted molar refractivity (Wildman–Crippen MR) is 78.1 cm³/mol. The van der Waals surface area contributed by atoms with E-state index in [9.17, 15) is 9.59 Å². The molecule has 20 heavy (non-hydrogen) atoms. The van der Waals surface area contributed by atoms with Gasteiger partial charge in [0.05, 0.1) is 13.0 Å². The lowest BCUT2D eigenvalue weighted by Gasteiger charge is -2.22. The third kappa shape index (κ3) is 3.98. The maximum Gasteiger partial charge on any atom is 0.328 e. The van der Waals surface area contributed by atoms with E-state index in [1.807, 2.05) is 19.9 Å². The molecular weight excluding hydrogens is 256 g/mol. The van der Waals surface area contributed by atoms with Crippen LogP contribution in [0.1, 0.15) is 32.3 Å². The average Bonchev–Trinajstić information content (AvgIpc) is 2.42. The monoisotopic (exact) mass is 278 g/mol. The first-order valence-electron chi connectivity index (χ1n) is 6.60. The summed E-state index contributed by atoms with van der Waals surface area (Å²) in [5.74, 6) is -1.09. The average molecular weight is 278 g/mol. The smallest absolute Gasteiger partial charge is 0.328 e. The van der Waals surface area contributed by atoms with Gasteiger partial charge in [0.15, 0.2) is 0 Å². The van der Waals surface area contributed by atoms with Crippen molar-refractivity contribution in [3.8, 4) is 0 Å². The molecule has 5 nitrogen and oxygen atoms in total. The summed E-state index contributed by atoms with van der Waals surface area (Å²) in [6, 6.07) is 6.51. The van der Waals surface area contributed by atoms with E-state index >= 15 is 0 Å². The molecule has 0 aliphatic carbocycles. The second-order valence-electron chi connectivity index (χ2n) is 5.15. The van der Waals surface area contributed by atoms with E-state index in [2.05, 4.69) is 5.32 Å². The Bertz CT molecular complexity index is 486. The van der Waals surface area contributed by atoms with E-state index in [-0.39, 0.29) is 17.7 Å². The SMILES string of the molecule is COC(=O)C(NC(=O)C(C)c1cccc(N)c1)C(C)C. The first-order chi connectivity index (χ1) is 9.36. The fourth-order valence-corrected chi connectivity index (χ4v) is 1.88. The Morgan fingerprint density at radius 2 is 1.90 bits per heavy atom. The van der Waals surface area contributed by atoms with Gasteiger partial charge in [-0.25, -0.2) is 4.79 Å². The summed E-state index contributed by atoms with van der Waals surface area (Å²) >= 11 is 0. The van der Waals surface area contributed by atoms with Crippen molar-refractivity contribution in [1.29, 1.82) is 0 Å². The number of carbonyl (C=O) groups excluding carboxylic acids is 2. The van der Waals surface area contributed by atoms with E-state index in [1.165, 1.54) is 7.11 Å². The fraction of sp³-hybridized carbons (Fsp3) is 0.467. The van der Waals surface area contributed by atoms with Crippen LogP contribution < -0.4 is 11.1 Å². The van der Waals surface area contributed by atoms with Crippen LogP contribution in [0.2, 0.25) is 0 Å². The second kappa shape index (κ2) is 6.93. The summed E-state index contributed by atoms with van der Waals surface area (Å²) in [6.45, 7) is 5.48. The van der Waals surface area contributed by atoms with E-state index < -0.39 is 12.0 Å². The highest BCUT2D eigenvalue weighted by atomic mass is 16.5. The standard InChI is InChI=1S/C15H22N2O3/c1-9(2)13(15(19)20-4)17-14(18)10(3)11-6-5-7-12(16)8-11/h5-10,13H,16H2,1-4H3,(H,17,18). The van der Waals surface area contributed by atoms with E-state index in [0.29, 0.717) is 5.69 Å². The molecule has 0 saturated carbocycles. The van der Waals surface area contributed by atoms with Crippen molar-refractivity contribution in [2.24, 2.45) is 5.92 Å². The highest BCUT2D eigenvalue weighted by Crippen LogP contribution is 2.18. The van der Waals surface area contributed by atoms with Crippen LogP contribution in [0.15, 0.2) is 24.3 Å². The van der Waals surface area contributed by atoms with E-state index in [1.54, 1.807) is 25.1 Å². The molecule has 2 atom stereocenters. The number of hydrogen-bond acceptors (Lipinski definition) is 4. The van der Waals surface area contributed by atoms with Gasteiger partial charge in [0.1, 0.15) is 6.04 Å². The first-order valence-corrected chi connectivity index (χ1v) is 6.60. The van der Waals surface area contributed by atoms with Crippen molar-refractivity contribution >= 4 is 17.6 Å². The van der Waals surface area contributed by atoms with Crippen molar-refractivity contribution in [3.05, 3.63) is 29.8 Å². The van der Waals surface area contributed by atoms with Gasteiger partial charge < -0.3 is 15.8 Å². The lowest BCUT2D eigenvalue weighted by Crippen LogP contribution is -2.46. The quantitative estimate of drug-likeness (QED) is 0.634. The molecule has 1 aromatic rings. The van der Waals surface area contributed by atoms with Crippen LogP contribution in [0.25, 0.3) is 0 Å². The fourth-order valence-electron chi connectivity index (χ4n) is 1.88. The van der Waals surface area contributed by atoms with Crippen LogP contribution in [0.5, 0.6) is 0 Å². The lowest BCUT2D eigenvalue weighted by molar-refractivity contribution is -0.146. The number of nitrogen functional groups attached to an aromatic ring is 1. The second-order valence-corrected chi connectivity index (χ2v) is 5.15. The summed E-state index contributed by atoms with van der Waals surface area (Å²) in [6.07, 6.45) is 0. The van der Waals surface area contributed by atoms with Crippen LogP contribution >= 0.6 is 0 Å². The summed E-state index contributed by atoms with van der Waals surface area (Å²) in [7, 11) is 1.31. The normalized spacial score (nSPS) is 13.7. The third-order valence-electron chi connectivity index (χ3n) is 3.22. The largest absolute Gasteiger partial charge is 0.467 e. The maximum atomic E-state index is 12.2. The first kappa shape index (κ1) is 16.0. The number of hydrogen-bond donors (Lipinski definition) is 2. The number of amides is 1. The highest BCUT2D eigenvalue weighted by Gasteiger charge is 2.27. The topological polar surface area (TPSA) is 81.4 Å². The number of carbonyl (C=O) groups is 2. The number of anilines is 1. The summed E-state index contributed by atoms with van der Waals surface area (Å²) in [4.78, 5) is 23.9. The summed E-state index contributed by atoms with van der Waals surface area (Å²) < 4.78 is 4.71. The molecule has 0 fully saturated rings. The number of rotatable bonds is 5. The van der Waals surface area contributed by atoms with E-state index in [0.717, 1.165) is 5.56 Å². The van der Waals surface area contributed by atoms with Gasteiger partial charge in [0.25, 0.3) is 0 Å². The Hall–Kier alpha value is -2.04. The van der Waals surface area contributed by atoms with Gasteiger partial charge in [-0.3, -0.25) is 4.79 Å². The van der Waals surface area contributed by atoms with Gasteiger partial charge in [-0.05, 0) is 30.5 Å². The molecule has 110 valence electrons. The van der Waals surface area contributed by atoms with Crippen molar-refractivity contribution in [1.82, 2.24) is 5.32 Å². The van der Waals surface area contributed by atoms with Gasteiger partial charge in [0, 0.05) is 5.69 Å². The molecule has 0 bridgehead atoms. The lowest BCUT2D eigenvalue weighted by atomic mass is 9.98. The van der Waals surface area contributed by atoms with Crippen LogP contribution in [-0.4, -0.2) is 25.0 Å². The number of methoxy groups -OCH3 is 1. The van der Waals surface area contributed by atoms with Gasteiger partial charge in [-0.15, -0.1) is 0 Å². The molecule has 1 amide bonds. The van der Waals surface area contributed by atoms with Crippen LogP contribution in [0.4, 0.5) is 5.69 Å². The van der Waals surface area contributed by atoms with Gasteiger partial charge >= 0.3 is 5.97 Å². The Kier molecular flexibility index (Phi) is 5.55. The molecule has 1 rings (SSSR count). The Morgan fingerprint density at radius 3 is 2.40 bits per heavy atom. The molecular formula is C15H22N2O3. The van der Waals surface area contributed by atoms with Gasteiger partial charge in [0.2, 0.25) is 5.91 Å². The number of benzene rings is 1. The minimum Gasteiger partial charge on any atom is -0.467 e. The predicted octanol–water partition coefficient (Wildman–Crippen LogP) is 1.69. The van der Waals surface area contributed by atoms with Crippen LogP contribution in [-0.2, 0) is 14.3 Å². The Morgan fingerprint density at radius 1 is 1.25 bits per heavy atom. The summed E-state index contributed by atoms with van der Waals surface area (Å²) in [5, 5.41) is 2.73. The zero-order chi connectivity index (χ0) is 15.3. The molecule has 0 heterocycles. The van der Waals surface area contributed by atoms with Crippen molar-refractivity contribution in [3.63, 3.8) is 0 Å². The molecule has 1 aromatic carbocycles. The zero-order valence-corrected chi connectivity index (χ0v) is 12.3. The highest BCUT2D eigenvalue weighted by molar-refractivity contribution is 5.88. The van der Waals surface area contributed by atoms with Gasteiger partial charge in [-0.1, -0.05) is 26.0 Å².